The fraction of sp³-hybridized carbons (Fsp3) is 0.333. The number of benzene rings is 2. The van der Waals surface area contributed by atoms with Gasteiger partial charge in [0.2, 0.25) is 0 Å². The van der Waals surface area contributed by atoms with E-state index in [1.807, 2.05) is 60.7 Å². The van der Waals surface area contributed by atoms with Crippen LogP contribution in [0.3, 0.4) is 0 Å². The second-order valence-corrected chi connectivity index (χ2v) is 9.53. The molecule has 0 bridgehead atoms. The van der Waals surface area contributed by atoms with Crippen LogP contribution in [-0.4, -0.2) is 34.3 Å². The number of ether oxygens (including phenoxy) is 2. The zero-order chi connectivity index (χ0) is 17.7. The van der Waals surface area contributed by atoms with Gasteiger partial charge in [-0.25, -0.2) is 0 Å². The van der Waals surface area contributed by atoms with Crippen LogP contribution < -0.4 is 9.47 Å². The molecule has 0 aromatic heterocycles. The number of rotatable bonds is 12. The minimum atomic E-state index is -0.790. The maximum absolute atomic E-state index is 9.82. The molecule has 0 radical (unpaired) electrons. The van der Waals surface area contributed by atoms with Gasteiger partial charge >= 0.3 is 0 Å². The standard InChI is InChI=1S/C18H22O4S3/c19-17(21-15-7-3-1-4-8-15)11-13-23-25-24-14-12-18(20)22-16-9-5-2-6-10-16/h1-10,17-20H,11-14H2. The summed E-state index contributed by atoms with van der Waals surface area (Å²) in [5.74, 6) is 2.92. The van der Waals surface area contributed by atoms with Gasteiger partial charge in [-0.15, -0.1) is 0 Å². The van der Waals surface area contributed by atoms with E-state index in [2.05, 4.69) is 0 Å². The van der Waals surface area contributed by atoms with Crippen LogP contribution in [0.15, 0.2) is 60.7 Å². The van der Waals surface area contributed by atoms with Crippen molar-refractivity contribution in [3.05, 3.63) is 60.7 Å². The number of hydrogen-bond acceptors (Lipinski definition) is 7. The van der Waals surface area contributed by atoms with Crippen LogP contribution in [0.4, 0.5) is 0 Å². The zero-order valence-electron chi connectivity index (χ0n) is 13.7. The molecular formula is C18H22O4S3. The molecule has 2 N–H and O–H groups in total. The molecule has 2 aromatic carbocycles. The van der Waals surface area contributed by atoms with Gasteiger partial charge in [-0.05, 0) is 34.1 Å². The van der Waals surface area contributed by atoms with Gasteiger partial charge in [-0.1, -0.05) is 58.0 Å². The molecule has 0 aliphatic carbocycles. The Morgan fingerprint density at radius 2 is 1.08 bits per heavy atom. The minimum absolute atomic E-state index is 0.562. The first kappa shape index (κ1) is 20.3. The fourth-order valence-corrected chi connectivity index (χ4v) is 5.66. The Morgan fingerprint density at radius 1 is 0.680 bits per heavy atom. The highest BCUT2D eigenvalue weighted by Crippen LogP contribution is 2.35. The quantitative estimate of drug-likeness (QED) is 0.308. The van der Waals surface area contributed by atoms with E-state index in [-0.39, 0.29) is 0 Å². The van der Waals surface area contributed by atoms with E-state index in [1.54, 1.807) is 31.4 Å². The third-order valence-electron chi connectivity index (χ3n) is 3.02. The van der Waals surface area contributed by atoms with E-state index >= 15 is 0 Å². The lowest BCUT2D eigenvalue weighted by molar-refractivity contribution is -0.0186. The average molecular weight is 399 g/mol. The number of hydrogen-bond donors (Lipinski definition) is 2. The smallest absolute Gasteiger partial charge is 0.198 e. The Hall–Kier alpha value is -0.990. The van der Waals surface area contributed by atoms with E-state index in [0.29, 0.717) is 24.3 Å². The Morgan fingerprint density at radius 3 is 1.48 bits per heavy atom. The first-order valence-electron chi connectivity index (χ1n) is 7.94. The van der Waals surface area contributed by atoms with E-state index in [0.717, 1.165) is 11.5 Å². The van der Waals surface area contributed by atoms with E-state index in [4.69, 9.17) is 9.47 Å². The maximum atomic E-state index is 9.82. The van der Waals surface area contributed by atoms with Crippen LogP contribution >= 0.6 is 31.4 Å². The lowest BCUT2D eigenvalue weighted by Crippen LogP contribution is -2.16. The average Bonchev–Trinajstić information content (AvgIpc) is 2.62. The highest BCUT2D eigenvalue weighted by atomic mass is 33.5. The van der Waals surface area contributed by atoms with Crippen molar-refractivity contribution in [2.45, 2.75) is 25.4 Å². The van der Waals surface area contributed by atoms with Crippen LogP contribution in [-0.2, 0) is 0 Å². The van der Waals surface area contributed by atoms with Crippen LogP contribution in [0, 0.1) is 0 Å². The molecule has 2 rings (SSSR count). The molecule has 136 valence electrons. The molecule has 2 atom stereocenters. The largest absolute Gasteiger partial charge is 0.465 e. The van der Waals surface area contributed by atoms with Gasteiger partial charge in [0.15, 0.2) is 12.6 Å². The number of aliphatic hydroxyl groups excluding tert-OH is 2. The molecule has 0 fully saturated rings. The molecule has 2 aromatic rings. The highest BCUT2D eigenvalue weighted by Gasteiger charge is 2.07. The fourth-order valence-electron chi connectivity index (χ4n) is 1.83. The molecule has 0 saturated carbocycles. The normalized spacial score (nSPS) is 13.2. The first-order chi connectivity index (χ1) is 12.2. The van der Waals surface area contributed by atoms with Crippen molar-refractivity contribution in [1.29, 1.82) is 0 Å². The minimum Gasteiger partial charge on any atom is -0.465 e. The molecule has 2 unspecified atom stereocenters. The van der Waals surface area contributed by atoms with Crippen molar-refractivity contribution in [3.8, 4) is 11.5 Å². The number of aliphatic hydroxyl groups is 2. The van der Waals surface area contributed by atoms with Crippen molar-refractivity contribution in [3.63, 3.8) is 0 Å². The summed E-state index contributed by atoms with van der Waals surface area (Å²) in [7, 11) is 4.98. The van der Waals surface area contributed by atoms with Crippen LogP contribution in [0.2, 0.25) is 0 Å². The van der Waals surface area contributed by atoms with Gasteiger partial charge in [0, 0.05) is 24.3 Å². The lowest BCUT2D eigenvalue weighted by atomic mass is 10.3. The van der Waals surface area contributed by atoms with Gasteiger partial charge in [0.25, 0.3) is 0 Å². The van der Waals surface area contributed by atoms with Crippen molar-refractivity contribution in [2.75, 3.05) is 11.5 Å². The summed E-state index contributed by atoms with van der Waals surface area (Å²) in [4.78, 5) is 0. The summed E-state index contributed by atoms with van der Waals surface area (Å²) in [6.07, 6.45) is -0.456. The third-order valence-corrected chi connectivity index (χ3v) is 7.33. The highest BCUT2D eigenvalue weighted by molar-refractivity contribution is 9.09. The monoisotopic (exact) mass is 398 g/mol. The van der Waals surface area contributed by atoms with Gasteiger partial charge in [0.05, 0.1) is 0 Å². The predicted octanol–water partition coefficient (Wildman–Crippen LogP) is 4.59. The van der Waals surface area contributed by atoms with E-state index in [9.17, 15) is 10.2 Å². The van der Waals surface area contributed by atoms with E-state index < -0.39 is 12.6 Å². The summed E-state index contributed by atoms with van der Waals surface area (Å²) in [6, 6.07) is 18.6. The molecule has 0 aliphatic heterocycles. The van der Waals surface area contributed by atoms with Gasteiger partial charge in [-0.2, -0.15) is 0 Å². The predicted molar refractivity (Wildman–Crippen MR) is 108 cm³/mol. The lowest BCUT2D eigenvalue weighted by Gasteiger charge is -2.13. The van der Waals surface area contributed by atoms with Crippen molar-refractivity contribution in [2.24, 2.45) is 0 Å². The number of para-hydroxylation sites is 2. The van der Waals surface area contributed by atoms with Crippen molar-refractivity contribution >= 4 is 31.4 Å². The van der Waals surface area contributed by atoms with Gasteiger partial charge in [0.1, 0.15) is 11.5 Å². The Kier molecular flexibility index (Phi) is 10.1. The molecule has 0 spiro atoms. The topological polar surface area (TPSA) is 58.9 Å². The summed E-state index contributed by atoms with van der Waals surface area (Å²) in [5.41, 5.74) is 0. The van der Waals surface area contributed by atoms with Gasteiger partial charge < -0.3 is 19.7 Å². The summed E-state index contributed by atoms with van der Waals surface area (Å²) < 4.78 is 10.8. The molecule has 0 saturated heterocycles. The Bertz CT molecular complexity index is 520. The SMILES string of the molecule is OC(CCSSSCCC(O)Oc1ccccc1)Oc1ccccc1. The summed E-state index contributed by atoms with van der Waals surface area (Å²) in [6.45, 7) is 0. The third kappa shape index (κ3) is 9.32. The van der Waals surface area contributed by atoms with Crippen molar-refractivity contribution in [1.82, 2.24) is 0 Å². The summed E-state index contributed by atoms with van der Waals surface area (Å²) >= 11 is 0. The summed E-state index contributed by atoms with van der Waals surface area (Å²) in [5, 5.41) is 19.6. The second-order valence-electron chi connectivity index (χ2n) is 5.06. The van der Waals surface area contributed by atoms with Crippen LogP contribution in [0.25, 0.3) is 0 Å². The Labute approximate surface area is 160 Å². The molecule has 7 heteroatoms. The van der Waals surface area contributed by atoms with Crippen LogP contribution in [0.1, 0.15) is 12.8 Å². The van der Waals surface area contributed by atoms with Gasteiger partial charge in [-0.3, -0.25) is 0 Å². The molecular weight excluding hydrogens is 376 g/mol. The van der Waals surface area contributed by atoms with Crippen molar-refractivity contribution < 1.29 is 19.7 Å². The molecule has 0 amide bonds. The first-order valence-corrected chi connectivity index (χ1v) is 11.8. The van der Waals surface area contributed by atoms with E-state index in [1.165, 1.54) is 0 Å². The molecule has 0 heterocycles. The molecule has 0 aliphatic rings. The van der Waals surface area contributed by atoms with Crippen LogP contribution in [0.5, 0.6) is 11.5 Å². The molecule has 4 nitrogen and oxygen atoms in total. The Balaban J connectivity index is 1.45. The molecule has 25 heavy (non-hydrogen) atoms. The maximum Gasteiger partial charge on any atom is 0.198 e. The second kappa shape index (κ2) is 12.4. The zero-order valence-corrected chi connectivity index (χ0v) is 16.1.